The molecule has 16 heavy (non-hydrogen) atoms. The van der Waals surface area contributed by atoms with Gasteiger partial charge in [0.25, 0.3) is 0 Å². The van der Waals surface area contributed by atoms with Crippen LogP contribution in [0.5, 0.6) is 0 Å². The molecule has 0 radical (unpaired) electrons. The number of methoxy groups -OCH3 is 1. The molecule has 0 unspecified atom stereocenters. The number of esters is 1. The molecule has 1 heterocycles. The lowest BCUT2D eigenvalue weighted by Crippen LogP contribution is -2.14. The van der Waals surface area contributed by atoms with Gasteiger partial charge in [-0.3, -0.25) is 0 Å². The second-order valence-corrected chi connectivity index (χ2v) is 3.34. The summed E-state index contributed by atoms with van der Waals surface area (Å²) in [4.78, 5) is 19.7. The van der Waals surface area contributed by atoms with Crippen LogP contribution in [0, 0.1) is 6.92 Å². The minimum atomic E-state index is -0.506. The van der Waals surface area contributed by atoms with Gasteiger partial charge in [-0.25, -0.2) is 14.8 Å². The van der Waals surface area contributed by atoms with Gasteiger partial charge in [0.2, 0.25) is 5.82 Å². The first-order valence-electron chi connectivity index (χ1n) is 5.33. The molecule has 0 aliphatic rings. The van der Waals surface area contributed by atoms with Crippen molar-refractivity contribution in [3.05, 3.63) is 17.1 Å². The number of aryl methyl sites for hydroxylation is 1. The summed E-state index contributed by atoms with van der Waals surface area (Å²) in [5.41, 5.74) is 1.85. The molecule has 5 heteroatoms. The number of anilines is 1. The van der Waals surface area contributed by atoms with Gasteiger partial charge in [-0.1, -0.05) is 6.92 Å². The lowest BCUT2D eigenvalue weighted by atomic mass is 10.2. The number of ether oxygens (including phenoxy) is 1. The molecule has 0 amide bonds. The summed E-state index contributed by atoms with van der Waals surface area (Å²) in [6.45, 7) is 6.66. The Labute approximate surface area is 95.3 Å². The minimum Gasteiger partial charge on any atom is -0.463 e. The standard InChI is InChI=1S/C11H17N3O2/c1-5-8-7(3)9(12-6-2)14-10(13-8)11(15)16-4/h5-6H2,1-4H3,(H,12,13,14). The molecule has 1 aromatic rings. The second-order valence-electron chi connectivity index (χ2n) is 3.34. The molecule has 0 saturated heterocycles. The normalized spacial score (nSPS) is 10.0. The first kappa shape index (κ1) is 12.4. The average Bonchev–Trinajstić information content (AvgIpc) is 2.31. The third kappa shape index (κ3) is 2.48. The van der Waals surface area contributed by atoms with Crippen molar-refractivity contribution >= 4 is 11.8 Å². The van der Waals surface area contributed by atoms with Gasteiger partial charge in [-0.2, -0.15) is 0 Å². The van der Waals surface area contributed by atoms with Crippen molar-refractivity contribution in [1.29, 1.82) is 0 Å². The van der Waals surface area contributed by atoms with E-state index in [0.717, 1.165) is 24.2 Å². The summed E-state index contributed by atoms with van der Waals surface area (Å²) in [6.07, 6.45) is 0.761. The highest BCUT2D eigenvalue weighted by atomic mass is 16.5. The highest BCUT2D eigenvalue weighted by molar-refractivity contribution is 5.85. The number of hydrogen-bond donors (Lipinski definition) is 1. The number of hydrogen-bond acceptors (Lipinski definition) is 5. The summed E-state index contributed by atoms with van der Waals surface area (Å²) in [5, 5.41) is 3.11. The second kappa shape index (κ2) is 5.44. The molecule has 1 N–H and O–H groups in total. The van der Waals surface area contributed by atoms with E-state index in [9.17, 15) is 4.79 Å². The third-order valence-corrected chi connectivity index (χ3v) is 2.29. The van der Waals surface area contributed by atoms with E-state index in [-0.39, 0.29) is 5.82 Å². The predicted octanol–water partition coefficient (Wildman–Crippen LogP) is 1.57. The van der Waals surface area contributed by atoms with E-state index in [4.69, 9.17) is 0 Å². The highest BCUT2D eigenvalue weighted by Gasteiger charge is 2.15. The Morgan fingerprint density at radius 1 is 1.38 bits per heavy atom. The molecule has 0 spiro atoms. The zero-order valence-electron chi connectivity index (χ0n) is 10.1. The van der Waals surface area contributed by atoms with Gasteiger partial charge >= 0.3 is 5.97 Å². The minimum absolute atomic E-state index is 0.112. The Hall–Kier alpha value is -1.65. The molecule has 0 aromatic carbocycles. The largest absolute Gasteiger partial charge is 0.463 e. The van der Waals surface area contributed by atoms with Crippen molar-refractivity contribution in [2.75, 3.05) is 19.0 Å². The van der Waals surface area contributed by atoms with Crippen molar-refractivity contribution in [2.45, 2.75) is 27.2 Å². The third-order valence-electron chi connectivity index (χ3n) is 2.29. The predicted molar refractivity (Wildman–Crippen MR) is 61.7 cm³/mol. The van der Waals surface area contributed by atoms with E-state index in [0.29, 0.717) is 5.82 Å². The summed E-state index contributed by atoms with van der Waals surface area (Å²) < 4.78 is 4.62. The molecule has 0 fully saturated rings. The van der Waals surface area contributed by atoms with E-state index in [1.807, 2.05) is 20.8 Å². The van der Waals surface area contributed by atoms with Crippen molar-refractivity contribution in [3.63, 3.8) is 0 Å². The number of nitrogens with one attached hydrogen (secondary N) is 1. The topological polar surface area (TPSA) is 64.1 Å². The van der Waals surface area contributed by atoms with Gasteiger partial charge in [0.05, 0.1) is 7.11 Å². The summed E-state index contributed by atoms with van der Waals surface area (Å²) in [7, 11) is 1.32. The van der Waals surface area contributed by atoms with Crippen molar-refractivity contribution in [1.82, 2.24) is 9.97 Å². The maximum Gasteiger partial charge on any atom is 0.376 e. The summed E-state index contributed by atoms with van der Waals surface area (Å²) in [6, 6.07) is 0. The monoisotopic (exact) mass is 223 g/mol. The molecule has 0 bridgehead atoms. The number of carbonyl (C=O) groups excluding carboxylic acids is 1. The van der Waals surface area contributed by atoms with Crippen LogP contribution in [-0.4, -0.2) is 29.6 Å². The van der Waals surface area contributed by atoms with Crippen molar-refractivity contribution in [2.24, 2.45) is 0 Å². The van der Waals surface area contributed by atoms with Crippen LogP contribution < -0.4 is 5.32 Å². The molecule has 0 saturated carbocycles. The van der Waals surface area contributed by atoms with Crippen molar-refractivity contribution in [3.8, 4) is 0 Å². The van der Waals surface area contributed by atoms with E-state index in [1.165, 1.54) is 7.11 Å². The van der Waals surface area contributed by atoms with Gasteiger partial charge in [0, 0.05) is 17.8 Å². The van der Waals surface area contributed by atoms with Crippen molar-refractivity contribution < 1.29 is 9.53 Å². The Balaban J connectivity index is 3.22. The van der Waals surface area contributed by atoms with Gasteiger partial charge in [0.15, 0.2) is 0 Å². The number of nitrogens with zero attached hydrogens (tertiary/aromatic N) is 2. The van der Waals surface area contributed by atoms with Crippen LogP contribution in [-0.2, 0) is 11.2 Å². The van der Waals surface area contributed by atoms with Crippen LogP contribution in [0.2, 0.25) is 0 Å². The Kier molecular flexibility index (Phi) is 4.22. The number of rotatable bonds is 4. The fourth-order valence-corrected chi connectivity index (χ4v) is 1.43. The van der Waals surface area contributed by atoms with E-state index in [1.54, 1.807) is 0 Å². The smallest absolute Gasteiger partial charge is 0.376 e. The zero-order valence-corrected chi connectivity index (χ0v) is 10.1. The first-order valence-corrected chi connectivity index (χ1v) is 5.33. The Morgan fingerprint density at radius 2 is 2.06 bits per heavy atom. The Morgan fingerprint density at radius 3 is 2.56 bits per heavy atom. The van der Waals surface area contributed by atoms with Gasteiger partial charge in [0.1, 0.15) is 5.82 Å². The highest BCUT2D eigenvalue weighted by Crippen LogP contribution is 2.16. The molecule has 1 rings (SSSR count). The van der Waals surface area contributed by atoms with Gasteiger partial charge < -0.3 is 10.1 Å². The quantitative estimate of drug-likeness (QED) is 0.785. The molecule has 1 aromatic heterocycles. The summed E-state index contributed by atoms with van der Waals surface area (Å²) >= 11 is 0. The fourth-order valence-electron chi connectivity index (χ4n) is 1.43. The maximum absolute atomic E-state index is 11.4. The molecule has 0 atom stereocenters. The van der Waals surface area contributed by atoms with Crippen LogP contribution in [0.3, 0.4) is 0 Å². The molecule has 0 aliphatic heterocycles. The molecule has 0 aliphatic carbocycles. The van der Waals surface area contributed by atoms with E-state index >= 15 is 0 Å². The maximum atomic E-state index is 11.4. The van der Waals surface area contributed by atoms with Crippen LogP contribution in [0.25, 0.3) is 0 Å². The molecule has 88 valence electrons. The molecule has 5 nitrogen and oxygen atoms in total. The fraction of sp³-hybridized carbons (Fsp3) is 0.545. The average molecular weight is 223 g/mol. The number of carbonyl (C=O) groups is 1. The summed E-state index contributed by atoms with van der Waals surface area (Å²) in [5.74, 6) is 0.310. The van der Waals surface area contributed by atoms with Crippen LogP contribution >= 0.6 is 0 Å². The Bertz CT molecular complexity index is 391. The van der Waals surface area contributed by atoms with E-state index in [2.05, 4.69) is 20.0 Å². The van der Waals surface area contributed by atoms with Crippen LogP contribution in [0.1, 0.15) is 35.7 Å². The molecular weight excluding hydrogens is 206 g/mol. The zero-order chi connectivity index (χ0) is 12.1. The van der Waals surface area contributed by atoms with E-state index < -0.39 is 5.97 Å². The molecular formula is C11H17N3O2. The lowest BCUT2D eigenvalue weighted by molar-refractivity contribution is 0.0586. The number of aromatic nitrogens is 2. The lowest BCUT2D eigenvalue weighted by Gasteiger charge is -2.11. The SMILES string of the molecule is CCNc1nc(C(=O)OC)nc(CC)c1C. The first-order chi connectivity index (χ1) is 7.63. The van der Waals surface area contributed by atoms with Gasteiger partial charge in [-0.05, 0) is 20.3 Å². The van der Waals surface area contributed by atoms with Crippen LogP contribution in [0.15, 0.2) is 0 Å². The van der Waals surface area contributed by atoms with Crippen LogP contribution in [0.4, 0.5) is 5.82 Å². The van der Waals surface area contributed by atoms with Gasteiger partial charge in [-0.15, -0.1) is 0 Å².